The zero-order valence-electron chi connectivity index (χ0n) is 15.3. The van der Waals surface area contributed by atoms with E-state index in [9.17, 15) is 4.79 Å². The van der Waals surface area contributed by atoms with Gasteiger partial charge in [0, 0.05) is 32.0 Å². The molecule has 0 aliphatic carbocycles. The van der Waals surface area contributed by atoms with E-state index in [1.54, 1.807) is 0 Å². The molecule has 2 atom stereocenters. The quantitative estimate of drug-likeness (QED) is 0.832. The van der Waals surface area contributed by atoms with Gasteiger partial charge in [0.15, 0.2) is 0 Å². The number of nitrogens with one attached hydrogen (secondary N) is 2. The predicted octanol–water partition coefficient (Wildman–Crippen LogP) is 3.26. The molecule has 0 radical (unpaired) electrons. The van der Waals surface area contributed by atoms with Gasteiger partial charge in [-0.15, -0.1) is 0 Å². The molecule has 25 heavy (non-hydrogen) atoms. The van der Waals surface area contributed by atoms with Crippen LogP contribution in [0.25, 0.3) is 0 Å². The standard InChI is InChI=1S/C20H31N3O2/c1-16-4-6-19(7-5-16)22-20(24)21-13-18-3-2-10-23(14-18)11-8-17-9-12-25-15-17/h4-7,17-18H,2-3,8-15H2,1H3,(H2,21,22,24)/t17-,18-/m1/s1. The number of benzene rings is 1. The Hall–Kier alpha value is -1.59. The molecule has 2 fully saturated rings. The van der Waals surface area contributed by atoms with E-state index < -0.39 is 0 Å². The number of hydrogen-bond acceptors (Lipinski definition) is 3. The molecule has 2 heterocycles. The van der Waals surface area contributed by atoms with Gasteiger partial charge in [-0.25, -0.2) is 4.79 Å². The topological polar surface area (TPSA) is 53.6 Å². The van der Waals surface area contributed by atoms with Crippen molar-refractivity contribution in [3.63, 3.8) is 0 Å². The second-order valence-corrected chi connectivity index (χ2v) is 7.53. The fourth-order valence-electron chi connectivity index (χ4n) is 3.75. The number of urea groups is 1. The summed E-state index contributed by atoms with van der Waals surface area (Å²) >= 11 is 0. The van der Waals surface area contributed by atoms with Crippen molar-refractivity contribution in [1.82, 2.24) is 10.2 Å². The molecule has 2 aliphatic heterocycles. The third-order valence-electron chi connectivity index (χ3n) is 5.34. The van der Waals surface area contributed by atoms with E-state index in [1.807, 2.05) is 31.2 Å². The predicted molar refractivity (Wildman–Crippen MR) is 101 cm³/mol. The van der Waals surface area contributed by atoms with Crippen LogP contribution in [0, 0.1) is 18.8 Å². The maximum Gasteiger partial charge on any atom is 0.319 e. The van der Waals surface area contributed by atoms with E-state index in [0.29, 0.717) is 5.92 Å². The second-order valence-electron chi connectivity index (χ2n) is 7.53. The number of carbonyl (C=O) groups excluding carboxylic acids is 1. The van der Waals surface area contributed by atoms with Crippen molar-refractivity contribution >= 4 is 11.7 Å². The Morgan fingerprint density at radius 2 is 2.08 bits per heavy atom. The summed E-state index contributed by atoms with van der Waals surface area (Å²) in [6.07, 6.45) is 4.90. The largest absolute Gasteiger partial charge is 0.381 e. The van der Waals surface area contributed by atoms with E-state index in [0.717, 1.165) is 37.9 Å². The fraction of sp³-hybridized carbons (Fsp3) is 0.650. The van der Waals surface area contributed by atoms with E-state index in [4.69, 9.17) is 4.74 Å². The minimum absolute atomic E-state index is 0.107. The summed E-state index contributed by atoms with van der Waals surface area (Å²) in [6.45, 7) is 8.13. The summed E-state index contributed by atoms with van der Waals surface area (Å²) in [7, 11) is 0. The summed E-state index contributed by atoms with van der Waals surface area (Å²) in [5, 5.41) is 5.94. The molecule has 2 aliphatic rings. The zero-order chi connectivity index (χ0) is 17.5. The highest BCUT2D eigenvalue weighted by atomic mass is 16.5. The Morgan fingerprint density at radius 1 is 1.24 bits per heavy atom. The lowest BCUT2D eigenvalue weighted by Crippen LogP contribution is -2.42. The fourth-order valence-corrected chi connectivity index (χ4v) is 3.75. The number of piperidine rings is 1. The highest BCUT2D eigenvalue weighted by Crippen LogP contribution is 2.20. The molecule has 1 aromatic carbocycles. The molecule has 2 saturated heterocycles. The summed E-state index contributed by atoms with van der Waals surface area (Å²) < 4.78 is 5.47. The van der Waals surface area contributed by atoms with E-state index in [1.165, 1.54) is 44.3 Å². The van der Waals surface area contributed by atoms with Crippen molar-refractivity contribution in [2.24, 2.45) is 11.8 Å². The average Bonchev–Trinajstić information content (AvgIpc) is 3.14. The zero-order valence-corrected chi connectivity index (χ0v) is 15.3. The lowest BCUT2D eigenvalue weighted by atomic mass is 9.97. The molecular formula is C20H31N3O2. The molecular weight excluding hydrogens is 314 g/mol. The van der Waals surface area contributed by atoms with Crippen LogP contribution in [-0.4, -0.2) is 50.3 Å². The molecule has 5 heteroatoms. The van der Waals surface area contributed by atoms with E-state index in [-0.39, 0.29) is 6.03 Å². The van der Waals surface area contributed by atoms with Gasteiger partial charge in [0.2, 0.25) is 0 Å². The van der Waals surface area contributed by atoms with Crippen LogP contribution >= 0.6 is 0 Å². The summed E-state index contributed by atoms with van der Waals surface area (Å²) in [5.41, 5.74) is 2.03. The number of hydrogen-bond donors (Lipinski definition) is 2. The SMILES string of the molecule is Cc1ccc(NC(=O)NC[C@H]2CCCN(CC[C@@H]3CCOC3)C2)cc1. The molecule has 138 valence electrons. The first-order valence-electron chi connectivity index (χ1n) is 9.60. The van der Waals surface area contributed by atoms with Crippen LogP contribution in [-0.2, 0) is 4.74 Å². The van der Waals surface area contributed by atoms with Gasteiger partial charge in [0.25, 0.3) is 0 Å². The lowest BCUT2D eigenvalue weighted by Gasteiger charge is -2.33. The van der Waals surface area contributed by atoms with E-state index in [2.05, 4.69) is 15.5 Å². The van der Waals surface area contributed by atoms with Crippen molar-refractivity contribution < 1.29 is 9.53 Å². The van der Waals surface area contributed by atoms with Crippen molar-refractivity contribution in [3.05, 3.63) is 29.8 Å². The number of nitrogens with zero attached hydrogens (tertiary/aromatic N) is 1. The molecule has 0 spiro atoms. The van der Waals surface area contributed by atoms with Crippen LogP contribution in [0.3, 0.4) is 0 Å². The van der Waals surface area contributed by atoms with Crippen LogP contribution < -0.4 is 10.6 Å². The molecule has 0 unspecified atom stereocenters. The minimum atomic E-state index is -0.107. The number of amides is 2. The maximum absolute atomic E-state index is 12.1. The first kappa shape index (κ1) is 18.2. The number of aryl methyl sites for hydroxylation is 1. The molecule has 0 aromatic heterocycles. The Morgan fingerprint density at radius 3 is 2.84 bits per heavy atom. The minimum Gasteiger partial charge on any atom is -0.381 e. The van der Waals surface area contributed by atoms with Gasteiger partial charge in [0.05, 0.1) is 0 Å². The van der Waals surface area contributed by atoms with Crippen LogP contribution in [0.5, 0.6) is 0 Å². The molecule has 0 saturated carbocycles. The van der Waals surface area contributed by atoms with Crippen LogP contribution in [0.15, 0.2) is 24.3 Å². The number of likely N-dealkylation sites (tertiary alicyclic amines) is 1. The highest BCUT2D eigenvalue weighted by molar-refractivity contribution is 5.89. The third-order valence-corrected chi connectivity index (χ3v) is 5.34. The highest BCUT2D eigenvalue weighted by Gasteiger charge is 2.22. The summed E-state index contributed by atoms with van der Waals surface area (Å²) in [5.74, 6) is 1.30. The lowest BCUT2D eigenvalue weighted by molar-refractivity contribution is 0.153. The Kier molecular flexibility index (Phi) is 6.70. The number of anilines is 1. The number of ether oxygens (including phenoxy) is 1. The van der Waals surface area contributed by atoms with Crippen molar-refractivity contribution in [3.8, 4) is 0 Å². The first-order chi connectivity index (χ1) is 12.2. The monoisotopic (exact) mass is 345 g/mol. The van der Waals surface area contributed by atoms with E-state index >= 15 is 0 Å². The molecule has 3 rings (SSSR count). The smallest absolute Gasteiger partial charge is 0.319 e. The molecule has 2 amide bonds. The molecule has 2 N–H and O–H groups in total. The summed E-state index contributed by atoms with van der Waals surface area (Å²) in [6, 6.07) is 7.77. The number of carbonyl (C=O) groups is 1. The van der Waals surface area contributed by atoms with Gasteiger partial charge in [-0.1, -0.05) is 17.7 Å². The molecule has 5 nitrogen and oxygen atoms in total. The van der Waals surface area contributed by atoms with Gasteiger partial charge >= 0.3 is 6.03 Å². The molecule has 1 aromatic rings. The van der Waals surface area contributed by atoms with Gasteiger partial charge in [-0.05, 0) is 69.7 Å². The van der Waals surface area contributed by atoms with Gasteiger partial charge in [-0.2, -0.15) is 0 Å². The summed E-state index contributed by atoms with van der Waals surface area (Å²) in [4.78, 5) is 14.6. The van der Waals surface area contributed by atoms with Crippen LogP contribution in [0.2, 0.25) is 0 Å². The van der Waals surface area contributed by atoms with Crippen molar-refractivity contribution in [1.29, 1.82) is 0 Å². The van der Waals surface area contributed by atoms with Crippen LogP contribution in [0.4, 0.5) is 10.5 Å². The van der Waals surface area contributed by atoms with Crippen LogP contribution in [0.1, 0.15) is 31.2 Å². The average molecular weight is 345 g/mol. The molecule has 0 bridgehead atoms. The van der Waals surface area contributed by atoms with Gasteiger partial charge < -0.3 is 20.3 Å². The maximum atomic E-state index is 12.1. The third kappa shape index (κ3) is 6.01. The van der Waals surface area contributed by atoms with Crippen molar-refractivity contribution in [2.75, 3.05) is 44.7 Å². The Bertz CT molecular complexity index is 540. The van der Waals surface area contributed by atoms with Gasteiger partial charge in [0.1, 0.15) is 0 Å². The first-order valence-corrected chi connectivity index (χ1v) is 9.60. The second kappa shape index (κ2) is 9.20. The Balaban J connectivity index is 1.35. The van der Waals surface area contributed by atoms with Crippen molar-refractivity contribution in [2.45, 2.75) is 32.6 Å². The van der Waals surface area contributed by atoms with Gasteiger partial charge in [-0.3, -0.25) is 0 Å². The Labute approximate surface area is 151 Å². The number of rotatable bonds is 6. The normalized spacial score (nSPS) is 24.2.